The normalized spacial score (nSPS) is 32.5. The summed E-state index contributed by atoms with van der Waals surface area (Å²) in [5.41, 5.74) is 0. The van der Waals surface area contributed by atoms with Crippen molar-refractivity contribution in [2.75, 3.05) is 25.4 Å². The van der Waals surface area contributed by atoms with Crippen LogP contribution in [0, 0.1) is 5.92 Å². The summed E-state index contributed by atoms with van der Waals surface area (Å²) in [6, 6.07) is 0.665. The molecule has 2 atom stereocenters. The van der Waals surface area contributed by atoms with E-state index in [1.54, 1.807) is 0 Å². The van der Waals surface area contributed by atoms with Gasteiger partial charge in [0.2, 0.25) is 0 Å². The molecule has 2 aliphatic rings. The summed E-state index contributed by atoms with van der Waals surface area (Å²) in [7, 11) is 0. The highest BCUT2D eigenvalue weighted by Gasteiger charge is 2.36. The molecular weight excluding hydrogens is 230 g/mol. The van der Waals surface area contributed by atoms with E-state index in [-0.39, 0.29) is 0 Å². The third kappa shape index (κ3) is 3.54. The Bertz CT molecular complexity index is 301. The molecule has 98 valence electrons. The maximum absolute atomic E-state index is 4.65. The van der Waals surface area contributed by atoms with Crippen LogP contribution in [-0.4, -0.2) is 47.0 Å². The van der Waals surface area contributed by atoms with Crippen molar-refractivity contribution < 1.29 is 0 Å². The molecule has 0 bridgehead atoms. The highest BCUT2D eigenvalue weighted by molar-refractivity contribution is 8.00. The van der Waals surface area contributed by atoms with E-state index in [1.807, 2.05) is 0 Å². The van der Waals surface area contributed by atoms with E-state index in [2.05, 4.69) is 54.7 Å². The molecule has 4 heteroatoms. The molecule has 0 amide bonds. The highest BCUT2D eigenvalue weighted by Crippen LogP contribution is 2.31. The second-order valence-electron chi connectivity index (χ2n) is 5.79. The summed E-state index contributed by atoms with van der Waals surface area (Å²) in [4.78, 5) is 7.09. The number of nitrogens with one attached hydrogen (secondary N) is 1. The van der Waals surface area contributed by atoms with Gasteiger partial charge in [0.05, 0.1) is 0 Å². The number of thioether (sulfide) groups is 1. The van der Waals surface area contributed by atoms with Crippen LogP contribution in [0.3, 0.4) is 0 Å². The molecule has 0 aromatic rings. The standard InChI is InChI=1S/C13H25N3S/c1-5-14-12(15-11-8-10(11)2)16-6-7-17-13(3,4)9-16/h10-11H,5-9H2,1-4H3,(H,14,15). The molecular formula is C13H25N3S. The maximum Gasteiger partial charge on any atom is 0.194 e. The van der Waals surface area contributed by atoms with Gasteiger partial charge < -0.3 is 10.2 Å². The first-order chi connectivity index (χ1) is 8.02. The fourth-order valence-corrected chi connectivity index (χ4v) is 3.38. The van der Waals surface area contributed by atoms with Crippen molar-refractivity contribution in [1.29, 1.82) is 0 Å². The smallest absolute Gasteiger partial charge is 0.194 e. The lowest BCUT2D eigenvalue weighted by Crippen LogP contribution is -2.51. The quantitative estimate of drug-likeness (QED) is 0.605. The van der Waals surface area contributed by atoms with Gasteiger partial charge in [0.25, 0.3) is 0 Å². The first kappa shape index (κ1) is 13.1. The lowest BCUT2D eigenvalue weighted by Gasteiger charge is -2.39. The average molecular weight is 255 g/mol. The summed E-state index contributed by atoms with van der Waals surface area (Å²) in [5, 5.41) is 3.62. The Hall–Kier alpha value is -0.380. The SMILES string of the molecule is CCN=C(NC1CC1C)N1CCSC(C)(C)C1. The van der Waals surface area contributed by atoms with E-state index < -0.39 is 0 Å². The van der Waals surface area contributed by atoms with Crippen molar-refractivity contribution in [3.05, 3.63) is 0 Å². The largest absolute Gasteiger partial charge is 0.353 e. The van der Waals surface area contributed by atoms with Crippen LogP contribution in [-0.2, 0) is 0 Å². The molecule has 2 fully saturated rings. The second-order valence-corrected chi connectivity index (χ2v) is 7.59. The van der Waals surface area contributed by atoms with Gasteiger partial charge in [0.15, 0.2) is 5.96 Å². The van der Waals surface area contributed by atoms with Crippen molar-refractivity contribution >= 4 is 17.7 Å². The third-order valence-electron chi connectivity index (χ3n) is 3.46. The summed E-state index contributed by atoms with van der Waals surface area (Å²) in [6.45, 7) is 12.2. The topological polar surface area (TPSA) is 27.6 Å². The van der Waals surface area contributed by atoms with E-state index in [0.717, 1.165) is 31.5 Å². The van der Waals surface area contributed by atoms with Crippen LogP contribution in [0.25, 0.3) is 0 Å². The molecule has 1 saturated heterocycles. The molecule has 0 aromatic heterocycles. The minimum Gasteiger partial charge on any atom is -0.353 e. The fraction of sp³-hybridized carbons (Fsp3) is 0.923. The molecule has 2 unspecified atom stereocenters. The van der Waals surface area contributed by atoms with Crippen molar-refractivity contribution in [1.82, 2.24) is 10.2 Å². The van der Waals surface area contributed by atoms with Gasteiger partial charge in [-0.1, -0.05) is 6.92 Å². The molecule has 1 N–H and O–H groups in total. The number of rotatable bonds is 2. The number of nitrogens with zero attached hydrogens (tertiary/aromatic N) is 2. The van der Waals surface area contributed by atoms with E-state index >= 15 is 0 Å². The minimum absolute atomic E-state index is 0.351. The summed E-state index contributed by atoms with van der Waals surface area (Å²) in [6.07, 6.45) is 1.30. The molecule has 1 saturated carbocycles. The third-order valence-corrected chi connectivity index (χ3v) is 4.75. The van der Waals surface area contributed by atoms with Crippen LogP contribution in [0.15, 0.2) is 4.99 Å². The van der Waals surface area contributed by atoms with Gasteiger partial charge in [-0.25, -0.2) is 0 Å². The molecule has 0 spiro atoms. The molecule has 0 radical (unpaired) electrons. The Kier molecular flexibility index (Phi) is 3.91. The zero-order valence-corrected chi connectivity index (χ0v) is 12.3. The Balaban J connectivity index is 1.97. The van der Waals surface area contributed by atoms with Crippen LogP contribution < -0.4 is 5.32 Å². The van der Waals surface area contributed by atoms with Crippen molar-refractivity contribution in [3.8, 4) is 0 Å². The Labute approximate surface area is 109 Å². The van der Waals surface area contributed by atoms with Crippen LogP contribution >= 0.6 is 11.8 Å². The van der Waals surface area contributed by atoms with E-state index in [4.69, 9.17) is 0 Å². The second kappa shape index (κ2) is 5.09. The van der Waals surface area contributed by atoms with Gasteiger partial charge in [0, 0.05) is 36.2 Å². The zero-order valence-electron chi connectivity index (χ0n) is 11.5. The zero-order chi connectivity index (χ0) is 12.5. The van der Waals surface area contributed by atoms with E-state index in [0.29, 0.717) is 10.8 Å². The Morgan fingerprint density at radius 3 is 2.76 bits per heavy atom. The van der Waals surface area contributed by atoms with Crippen molar-refractivity contribution in [3.63, 3.8) is 0 Å². The number of guanidine groups is 1. The number of hydrogen-bond acceptors (Lipinski definition) is 2. The average Bonchev–Trinajstić information content (AvgIpc) is 2.92. The number of hydrogen-bond donors (Lipinski definition) is 1. The summed E-state index contributed by atoms with van der Waals surface area (Å²) < 4.78 is 0.351. The molecule has 17 heavy (non-hydrogen) atoms. The van der Waals surface area contributed by atoms with Gasteiger partial charge in [-0.2, -0.15) is 11.8 Å². The predicted molar refractivity (Wildman–Crippen MR) is 76.8 cm³/mol. The Morgan fingerprint density at radius 2 is 2.24 bits per heavy atom. The number of aliphatic imine (C=N–C) groups is 1. The molecule has 2 rings (SSSR count). The molecule has 0 aromatic carbocycles. The fourth-order valence-electron chi connectivity index (χ4n) is 2.27. The highest BCUT2D eigenvalue weighted by atomic mass is 32.2. The van der Waals surface area contributed by atoms with E-state index in [1.165, 1.54) is 12.2 Å². The van der Waals surface area contributed by atoms with Crippen molar-refractivity contribution in [2.45, 2.75) is 44.9 Å². The molecule has 1 aliphatic carbocycles. The molecule has 1 heterocycles. The van der Waals surface area contributed by atoms with Gasteiger partial charge in [0.1, 0.15) is 0 Å². The first-order valence-electron chi connectivity index (χ1n) is 6.72. The lowest BCUT2D eigenvalue weighted by atomic mass is 10.2. The molecule has 3 nitrogen and oxygen atoms in total. The summed E-state index contributed by atoms with van der Waals surface area (Å²) >= 11 is 2.07. The van der Waals surface area contributed by atoms with Gasteiger partial charge in [-0.05, 0) is 33.1 Å². The minimum atomic E-state index is 0.351. The Morgan fingerprint density at radius 1 is 1.53 bits per heavy atom. The van der Waals surface area contributed by atoms with Gasteiger partial charge in [-0.3, -0.25) is 4.99 Å². The first-order valence-corrected chi connectivity index (χ1v) is 7.70. The predicted octanol–water partition coefficient (Wildman–Crippen LogP) is 2.19. The van der Waals surface area contributed by atoms with Gasteiger partial charge >= 0.3 is 0 Å². The van der Waals surface area contributed by atoms with Gasteiger partial charge in [-0.15, -0.1) is 0 Å². The van der Waals surface area contributed by atoms with Crippen LogP contribution in [0.5, 0.6) is 0 Å². The lowest BCUT2D eigenvalue weighted by molar-refractivity contribution is 0.374. The van der Waals surface area contributed by atoms with Crippen LogP contribution in [0.1, 0.15) is 34.1 Å². The van der Waals surface area contributed by atoms with Crippen LogP contribution in [0.2, 0.25) is 0 Å². The summed E-state index contributed by atoms with van der Waals surface area (Å²) in [5.74, 6) is 3.16. The monoisotopic (exact) mass is 255 g/mol. The molecule has 1 aliphatic heterocycles. The van der Waals surface area contributed by atoms with Crippen LogP contribution in [0.4, 0.5) is 0 Å². The maximum atomic E-state index is 4.65. The van der Waals surface area contributed by atoms with Crippen molar-refractivity contribution in [2.24, 2.45) is 10.9 Å². The van der Waals surface area contributed by atoms with E-state index in [9.17, 15) is 0 Å².